The fourth-order valence-electron chi connectivity index (χ4n) is 4.63. The molecule has 0 unspecified atom stereocenters. The molecule has 1 amide bonds. The van der Waals surface area contributed by atoms with Gasteiger partial charge < -0.3 is 19.9 Å². The maximum absolute atomic E-state index is 14.1. The van der Waals surface area contributed by atoms with Crippen molar-refractivity contribution < 1.29 is 13.9 Å². The van der Waals surface area contributed by atoms with Gasteiger partial charge in [-0.15, -0.1) is 0 Å². The zero-order valence-electron chi connectivity index (χ0n) is 22.1. The monoisotopic (exact) mass is 509 g/mol. The summed E-state index contributed by atoms with van der Waals surface area (Å²) >= 11 is 0. The highest BCUT2D eigenvalue weighted by molar-refractivity contribution is 5.84. The molecule has 0 atom stereocenters. The van der Waals surface area contributed by atoms with E-state index in [0.29, 0.717) is 23.0 Å². The van der Waals surface area contributed by atoms with Gasteiger partial charge in [-0.25, -0.2) is 9.37 Å². The lowest BCUT2D eigenvalue weighted by Gasteiger charge is -2.24. The normalized spacial score (nSPS) is 14.7. The number of ether oxygens (including phenoxy) is 1. The molecule has 0 radical (unpaired) electrons. The predicted octanol–water partition coefficient (Wildman–Crippen LogP) is 3.52. The summed E-state index contributed by atoms with van der Waals surface area (Å²) in [5.74, 6) is -0.192. The first-order valence-electron chi connectivity index (χ1n) is 12.9. The molecule has 2 heterocycles. The number of rotatable bonds is 8. The number of carbonyl (C=O) groups excluding carboxylic acids is 1. The molecule has 8 nitrogen and oxygen atoms in total. The molecular weight excluding hydrogens is 473 g/mol. The summed E-state index contributed by atoms with van der Waals surface area (Å²) in [5.41, 5.74) is 1.67. The zero-order valence-corrected chi connectivity index (χ0v) is 22.1. The number of halogens is 1. The number of benzene rings is 2. The number of nitrogens with one attached hydrogen (secondary N) is 1. The van der Waals surface area contributed by atoms with Crippen molar-refractivity contribution in [3.8, 4) is 17.1 Å². The Balaban J connectivity index is 1.79. The average molecular weight is 510 g/mol. The Labute approximate surface area is 217 Å². The number of amides is 1. The molecule has 4 rings (SSSR count). The summed E-state index contributed by atoms with van der Waals surface area (Å²) in [6.45, 7) is 11.3. The number of methoxy groups -OCH3 is 1. The van der Waals surface area contributed by atoms with E-state index in [-0.39, 0.29) is 35.5 Å². The van der Waals surface area contributed by atoms with E-state index >= 15 is 0 Å². The molecule has 3 aromatic rings. The Bertz CT molecular complexity index is 1320. The van der Waals surface area contributed by atoms with E-state index < -0.39 is 5.82 Å². The Morgan fingerprint density at radius 2 is 1.95 bits per heavy atom. The number of aromatic nitrogens is 2. The molecule has 1 aliphatic heterocycles. The van der Waals surface area contributed by atoms with Crippen LogP contribution >= 0.6 is 0 Å². The quantitative estimate of drug-likeness (QED) is 0.501. The van der Waals surface area contributed by atoms with Crippen LogP contribution in [0.5, 0.6) is 5.75 Å². The molecule has 0 saturated carbocycles. The standard InChI is InChI=1S/C28H36FN5O3/c1-5-32-11-6-12-33(14-13-32)21-8-10-24-22(16-21)28(36)34(18-26(35)30-17-19(2)3)27(31-24)20-7-9-23(29)25(15-20)37-4/h7-10,15-16,19H,5-6,11-14,17-18H2,1-4H3,(H,30,35). The summed E-state index contributed by atoms with van der Waals surface area (Å²) in [6, 6.07) is 10.0. The summed E-state index contributed by atoms with van der Waals surface area (Å²) in [7, 11) is 1.38. The van der Waals surface area contributed by atoms with Crippen LogP contribution < -0.4 is 20.5 Å². The number of likely N-dealkylation sites (N-methyl/N-ethyl adjacent to an activating group) is 1. The molecule has 1 aliphatic rings. The second kappa shape index (κ2) is 11.7. The highest BCUT2D eigenvalue weighted by atomic mass is 19.1. The molecule has 198 valence electrons. The lowest BCUT2D eigenvalue weighted by molar-refractivity contribution is -0.121. The molecular formula is C28H36FN5O3. The number of anilines is 1. The maximum atomic E-state index is 14.1. The summed E-state index contributed by atoms with van der Waals surface area (Å²) < 4.78 is 20.6. The molecule has 1 saturated heterocycles. The van der Waals surface area contributed by atoms with Gasteiger partial charge in [-0.2, -0.15) is 0 Å². The Morgan fingerprint density at radius 3 is 2.68 bits per heavy atom. The van der Waals surface area contributed by atoms with Gasteiger partial charge in [-0.05, 0) is 61.8 Å². The highest BCUT2D eigenvalue weighted by Crippen LogP contribution is 2.27. The van der Waals surface area contributed by atoms with Crippen LogP contribution in [0.25, 0.3) is 22.3 Å². The van der Waals surface area contributed by atoms with E-state index in [1.165, 1.54) is 23.8 Å². The van der Waals surface area contributed by atoms with Crippen molar-refractivity contribution in [3.63, 3.8) is 0 Å². The van der Waals surface area contributed by atoms with Gasteiger partial charge in [0.25, 0.3) is 5.56 Å². The molecule has 1 N–H and O–H groups in total. The van der Waals surface area contributed by atoms with Gasteiger partial charge in [0.1, 0.15) is 12.4 Å². The zero-order chi connectivity index (χ0) is 26.5. The second-order valence-corrected chi connectivity index (χ2v) is 9.85. The van der Waals surface area contributed by atoms with Crippen molar-refractivity contribution in [1.82, 2.24) is 19.8 Å². The predicted molar refractivity (Wildman–Crippen MR) is 145 cm³/mol. The molecule has 2 aromatic carbocycles. The van der Waals surface area contributed by atoms with Gasteiger partial charge in [-0.1, -0.05) is 20.8 Å². The Hall–Kier alpha value is -3.46. The van der Waals surface area contributed by atoms with Gasteiger partial charge in [0, 0.05) is 37.4 Å². The number of hydrogen-bond acceptors (Lipinski definition) is 6. The lowest BCUT2D eigenvalue weighted by atomic mass is 10.1. The lowest BCUT2D eigenvalue weighted by Crippen LogP contribution is -2.35. The number of nitrogens with zero attached hydrogens (tertiary/aromatic N) is 4. The first-order valence-corrected chi connectivity index (χ1v) is 12.9. The third-order valence-electron chi connectivity index (χ3n) is 6.76. The highest BCUT2D eigenvalue weighted by Gasteiger charge is 2.19. The van der Waals surface area contributed by atoms with Gasteiger partial charge >= 0.3 is 0 Å². The largest absolute Gasteiger partial charge is 0.494 e. The molecule has 1 aromatic heterocycles. The molecule has 9 heteroatoms. The van der Waals surface area contributed by atoms with Crippen LogP contribution in [0.3, 0.4) is 0 Å². The summed E-state index contributed by atoms with van der Waals surface area (Å²) in [6.07, 6.45) is 1.05. The van der Waals surface area contributed by atoms with Crippen molar-refractivity contribution in [2.75, 3.05) is 51.3 Å². The van der Waals surface area contributed by atoms with Crippen molar-refractivity contribution in [3.05, 3.63) is 52.6 Å². The fourth-order valence-corrected chi connectivity index (χ4v) is 4.63. The maximum Gasteiger partial charge on any atom is 0.262 e. The number of fused-ring (bicyclic) bond motifs is 1. The van der Waals surface area contributed by atoms with E-state index in [4.69, 9.17) is 9.72 Å². The van der Waals surface area contributed by atoms with Crippen LogP contribution in [0.1, 0.15) is 27.2 Å². The van der Waals surface area contributed by atoms with Crippen LogP contribution in [0.15, 0.2) is 41.2 Å². The van der Waals surface area contributed by atoms with Crippen molar-refractivity contribution >= 4 is 22.5 Å². The Kier molecular flexibility index (Phi) is 8.43. The van der Waals surface area contributed by atoms with Crippen LogP contribution in [-0.4, -0.2) is 66.7 Å². The molecule has 0 spiro atoms. The molecule has 0 bridgehead atoms. The van der Waals surface area contributed by atoms with Gasteiger partial charge in [0.05, 0.1) is 18.0 Å². The summed E-state index contributed by atoms with van der Waals surface area (Å²) in [5, 5.41) is 3.32. The minimum Gasteiger partial charge on any atom is -0.494 e. The van der Waals surface area contributed by atoms with Gasteiger partial charge in [-0.3, -0.25) is 14.2 Å². The van der Waals surface area contributed by atoms with E-state index in [1.807, 2.05) is 32.0 Å². The third-order valence-corrected chi connectivity index (χ3v) is 6.76. The van der Waals surface area contributed by atoms with E-state index in [2.05, 4.69) is 22.0 Å². The van der Waals surface area contributed by atoms with Crippen LogP contribution in [0, 0.1) is 11.7 Å². The first kappa shape index (κ1) is 26.6. The van der Waals surface area contributed by atoms with E-state index in [9.17, 15) is 14.0 Å². The number of hydrogen-bond donors (Lipinski definition) is 1. The smallest absolute Gasteiger partial charge is 0.262 e. The van der Waals surface area contributed by atoms with Crippen LogP contribution in [0.2, 0.25) is 0 Å². The van der Waals surface area contributed by atoms with Crippen molar-refractivity contribution in [2.45, 2.75) is 33.7 Å². The van der Waals surface area contributed by atoms with Gasteiger partial charge in [0.15, 0.2) is 11.6 Å². The van der Waals surface area contributed by atoms with Crippen LogP contribution in [0.4, 0.5) is 10.1 Å². The van der Waals surface area contributed by atoms with Crippen LogP contribution in [-0.2, 0) is 11.3 Å². The topological polar surface area (TPSA) is 79.7 Å². The second-order valence-electron chi connectivity index (χ2n) is 9.85. The molecule has 0 aliphatic carbocycles. The Morgan fingerprint density at radius 1 is 1.14 bits per heavy atom. The molecule has 1 fully saturated rings. The van der Waals surface area contributed by atoms with Gasteiger partial charge in [0.2, 0.25) is 5.91 Å². The van der Waals surface area contributed by atoms with E-state index in [0.717, 1.165) is 44.8 Å². The SMILES string of the molecule is CCN1CCCN(c2ccc3nc(-c4ccc(F)c(OC)c4)n(CC(=O)NCC(C)C)c(=O)c3c2)CC1. The summed E-state index contributed by atoms with van der Waals surface area (Å²) in [4.78, 5) is 36.1. The molecule has 37 heavy (non-hydrogen) atoms. The fraction of sp³-hybridized carbons (Fsp3) is 0.464. The number of carbonyl (C=O) groups is 1. The van der Waals surface area contributed by atoms with Crippen molar-refractivity contribution in [2.24, 2.45) is 5.92 Å². The minimum absolute atomic E-state index is 0.0419. The average Bonchev–Trinajstić information content (AvgIpc) is 3.15. The van der Waals surface area contributed by atoms with E-state index in [1.54, 1.807) is 6.07 Å². The third kappa shape index (κ3) is 6.10. The van der Waals surface area contributed by atoms with Crippen molar-refractivity contribution in [1.29, 1.82) is 0 Å². The minimum atomic E-state index is -0.514. The first-order chi connectivity index (χ1) is 17.8.